The van der Waals surface area contributed by atoms with Crippen molar-refractivity contribution in [2.45, 2.75) is 32.6 Å². The van der Waals surface area contributed by atoms with Crippen molar-refractivity contribution in [3.8, 4) is 0 Å². The number of carbonyl (C=O) groups is 2. The zero-order chi connectivity index (χ0) is 17.0. The van der Waals surface area contributed by atoms with E-state index in [1.807, 2.05) is 5.38 Å². The number of thiophene rings is 1. The number of nitro groups is 1. The van der Waals surface area contributed by atoms with Gasteiger partial charge in [-0.1, -0.05) is 11.6 Å². The third kappa shape index (κ3) is 3.85. The summed E-state index contributed by atoms with van der Waals surface area (Å²) in [6, 6.07) is 3.60. The minimum atomic E-state index is -0.602. The average molecular weight is 337 g/mol. The van der Waals surface area contributed by atoms with Crippen molar-refractivity contribution in [3.63, 3.8) is 0 Å². The molecule has 0 N–H and O–H groups in total. The quantitative estimate of drug-likeness (QED) is 0.452. The van der Waals surface area contributed by atoms with Gasteiger partial charge in [0.15, 0.2) is 5.78 Å². The lowest BCUT2D eigenvalue weighted by atomic mass is 9.77. The van der Waals surface area contributed by atoms with E-state index in [2.05, 4.69) is 0 Å². The van der Waals surface area contributed by atoms with E-state index in [0.717, 1.165) is 4.88 Å². The van der Waals surface area contributed by atoms with Crippen molar-refractivity contribution in [1.82, 2.24) is 0 Å². The topological polar surface area (TPSA) is 86.5 Å². The highest BCUT2D eigenvalue weighted by atomic mass is 32.1. The minimum absolute atomic E-state index is 0.108. The van der Waals surface area contributed by atoms with Gasteiger partial charge in [0.1, 0.15) is 0 Å². The van der Waals surface area contributed by atoms with Crippen LogP contribution in [0.1, 0.15) is 37.5 Å². The first-order valence-electron chi connectivity index (χ1n) is 7.51. The second-order valence-electron chi connectivity index (χ2n) is 5.45. The normalized spacial score (nSPS) is 19.6. The molecule has 2 rings (SSSR count). The van der Waals surface area contributed by atoms with Crippen LogP contribution in [0.5, 0.6) is 0 Å². The SMILES string of the molecule is CCOC(=O)[C@H]1CCC(=O)C([C@@H](C[N+](=O)[O-])c2cccs2)=C1C. The van der Waals surface area contributed by atoms with Crippen LogP contribution < -0.4 is 0 Å². The van der Waals surface area contributed by atoms with Crippen molar-refractivity contribution in [1.29, 1.82) is 0 Å². The molecule has 0 aromatic carbocycles. The Hall–Kier alpha value is -2.02. The number of nitrogens with zero attached hydrogens (tertiary/aromatic N) is 1. The third-order valence-corrected chi connectivity index (χ3v) is 5.03. The molecule has 0 aliphatic heterocycles. The maximum atomic E-state index is 12.4. The summed E-state index contributed by atoms with van der Waals surface area (Å²) in [4.78, 5) is 35.9. The highest BCUT2D eigenvalue weighted by molar-refractivity contribution is 7.10. The van der Waals surface area contributed by atoms with Crippen LogP contribution in [0.4, 0.5) is 0 Å². The lowest BCUT2D eigenvalue weighted by Gasteiger charge is -2.27. The van der Waals surface area contributed by atoms with E-state index in [9.17, 15) is 19.7 Å². The molecule has 6 nitrogen and oxygen atoms in total. The summed E-state index contributed by atoms with van der Waals surface area (Å²) in [5, 5.41) is 12.9. The predicted molar refractivity (Wildman–Crippen MR) is 86.0 cm³/mol. The Morgan fingerprint density at radius 3 is 2.87 bits per heavy atom. The van der Waals surface area contributed by atoms with Crippen molar-refractivity contribution in [3.05, 3.63) is 43.7 Å². The standard InChI is InChI=1S/C16H19NO5S/c1-3-22-16(19)11-6-7-13(18)15(10(11)2)12(9-17(20)21)14-5-4-8-23-14/h4-5,8,11-12H,3,6-7,9H2,1-2H3/t11-,12-/m0/s1. The Kier molecular flexibility index (Phi) is 5.65. The molecule has 0 saturated heterocycles. The largest absolute Gasteiger partial charge is 0.466 e. The lowest BCUT2D eigenvalue weighted by Crippen LogP contribution is -2.30. The van der Waals surface area contributed by atoms with E-state index >= 15 is 0 Å². The van der Waals surface area contributed by atoms with Crippen LogP contribution in [0, 0.1) is 16.0 Å². The summed E-state index contributed by atoms with van der Waals surface area (Å²) in [6.45, 7) is 3.37. The Bertz CT molecular complexity index is 635. The second kappa shape index (κ2) is 7.50. The van der Waals surface area contributed by atoms with E-state index < -0.39 is 16.8 Å². The molecule has 23 heavy (non-hydrogen) atoms. The molecule has 0 spiro atoms. The number of ether oxygens (including phenoxy) is 1. The van der Waals surface area contributed by atoms with Crippen LogP contribution in [0.2, 0.25) is 0 Å². The first-order chi connectivity index (χ1) is 11.0. The highest BCUT2D eigenvalue weighted by Gasteiger charge is 2.37. The fraction of sp³-hybridized carbons (Fsp3) is 0.500. The Balaban J connectivity index is 2.44. The number of hydrogen-bond donors (Lipinski definition) is 0. The van der Waals surface area contributed by atoms with Gasteiger partial charge in [0.05, 0.1) is 18.4 Å². The minimum Gasteiger partial charge on any atom is -0.466 e. The number of ketones is 1. The van der Waals surface area contributed by atoms with E-state index in [4.69, 9.17) is 4.74 Å². The van der Waals surface area contributed by atoms with Crippen LogP contribution in [0.25, 0.3) is 0 Å². The monoisotopic (exact) mass is 337 g/mol. The number of hydrogen-bond acceptors (Lipinski definition) is 6. The van der Waals surface area contributed by atoms with Gasteiger partial charge < -0.3 is 4.74 Å². The summed E-state index contributed by atoms with van der Waals surface area (Å²) in [7, 11) is 0. The third-order valence-electron chi connectivity index (χ3n) is 4.05. The molecule has 1 aromatic rings. The predicted octanol–water partition coefficient (Wildman–Crippen LogP) is 2.97. The summed E-state index contributed by atoms with van der Waals surface area (Å²) >= 11 is 1.38. The molecule has 0 unspecified atom stereocenters. The second-order valence-corrected chi connectivity index (χ2v) is 6.43. The van der Waals surface area contributed by atoms with Gasteiger partial charge in [0.2, 0.25) is 6.54 Å². The van der Waals surface area contributed by atoms with Gasteiger partial charge in [0.25, 0.3) is 0 Å². The number of rotatable bonds is 6. The Labute approximate surface area is 138 Å². The fourth-order valence-corrected chi connectivity index (χ4v) is 3.83. The van der Waals surface area contributed by atoms with Crippen molar-refractivity contribution < 1.29 is 19.2 Å². The van der Waals surface area contributed by atoms with Gasteiger partial charge in [-0.05, 0) is 31.7 Å². The van der Waals surface area contributed by atoms with E-state index in [1.54, 1.807) is 26.0 Å². The van der Waals surface area contributed by atoms with Gasteiger partial charge in [0, 0.05) is 21.8 Å². The van der Waals surface area contributed by atoms with E-state index in [-0.39, 0.29) is 31.3 Å². The van der Waals surface area contributed by atoms with Crippen molar-refractivity contribution in [2.75, 3.05) is 13.2 Å². The molecule has 1 aliphatic carbocycles. The maximum absolute atomic E-state index is 12.4. The van der Waals surface area contributed by atoms with Gasteiger partial charge in [-0.25, -0.2) is 0 Å². The van der Waals surface area contributed by atoms with Crippen LogP contribution >= 0.6 is 11.3 Å². The molecule has 0 bridgehead atoms. The fourth-order valence-electron chi connectivity index (χ4n) is 3.00. The molecule has 2 atom stereocenters. The van der Waals surface area contributed by atoms with Crippen LogP contribution in [0.15, 0.2) is 28.7 Å². The van der Waals surface area contributed by atoms with Crippen molar-refractivity contribution in [2.24, 2.45) is 5.92 Å². The molecule has 0 fully saturated rings. The van der Waals surface area contributed by atoms with Gasteiger partial charge in [-0.2, -0.15) is 0 Å². The van der Waals surface area contributed by atoms with E-state index in [1.165, 1.54) is 11.3 Å². The number of esters is 1. The summed E-state index contributed by atoms with van der Waals surface area (Å²) in [6.07, 6.45) is 0.623. The molecular formula is C16H19NO5S. The number of Topliss-reactive ketones (excluding diaryl/α,β-unsaturated/α-hetero) is 1. The van der Waals surface area contributed by atoms with Crippen LogP contribution in [-0.4, -0.2) is 29.8 Å². The van der Waals surface area contributed by atoms with Crippen molar-refractivity contribution >= 4 is 23.1 Å². The molecule has 1 aromatic heterocycles. The smallest absolute Gasteiger partial charge is 0.313 e. The maximum Gasteiger partial charge on any atom is 0.313 e. The highest BCUT2D eigenvalue weighted by Crippen LogP contribution is 2.38. The van der Waals surface area contributed by atoms with Crippen LogP contribution in [-0.2, 0) is 14.3 Å². The number of carbonyl (C=O) groups excluding carboxylic acids is 2. The molecule has 1 heterocycles. The zero-order valence-corrected chi connectivity index (χ0v) is 13.9. The molecule has 1 aliphatic rings. The molecule has 0 saturated carbocycles. The summed E-state index contributed by atoms with van der Waals surface area (Å²) in [5.41, 5.74) is 1.02. The molecule has 0 radical (unpaired) electrons. The first kappa shape index (κ1) is 17.3. The van der Waals surface area contributed by atoms with Gasteiger partial charge in [-0.3, -0.25) is 19.7 Å². The van der Waals surface area contributed by atoms with Gasteiger partial charge >= 0.3 is 5.97 Å². The van der Waals surface area contributed by atoms with E-state index in [0.29, 0.717) is 17.6 Å². The first-order valence-corrected chi connectivity index (χ1v) is 8.39. The lowest BCUT2D eigenvalue weighted by molar-refractivity contribution is -0.481. The molecular weight excluding hydrogens is 318 g/mol. The average Bonchev–Trinajstić information content (AvgIpc) is 3.00. The zero-order valence-electron chi connectivity index (χ0n) is 13.1. The molecule has 0 amide bonds. The van der Waals surface area contributed by atoms with Crippen LogP contribution in [0.3, 0.4) is 0 Å². The Morgan fingerprint density at radius 2 is 2.30 bits per heavy atom. The summed E-state index contributed by atoms with van der Waals surface area (Å²) < 4.78 is 5.07. The summed E-state index contributed by atoms with van der Waals surface area (Å²) in [5.74, 6) is -1.56. The Morgan fingerprint density at radius 1 is 1.57 bits per heavy atom. The molecule has 7 heteroatoms. The molecule has 124 valence electrons. The van der Waals surface area contributed by atoms with Gasteiger partial charge in [-0.15, -0.1) is 11.3 Å².